The molecule has 1 aromatic heterocycles. The topological polar surface area (TPSA) is 32.3 Å². The number of benzene rings is 15. The van der Waals surface area contributed by atoms with Crippen molar-refractivity contribution in [2.24, 2.45) is 0 Å². The average molecular weight is 1260 g/mol. The zero-order valence-corrected chi connectivity index (χ0v) is 54.2. The third-order valence-electron chi connectivity index (χ3n) is 19.7. The molecule has 2 aliphatic rings. The van der Waals surface area contributed by atoms with Gasteiger partial charge in [0, 0.05) is 50.8 Å². The minimum absolute atomic E-state index is 0.178. The van der Waals surface area contributed by atoms with Crippen molar-refractivity contribution in [2.75, 3.05) is 9.80 Å². The van der Waals surface area contributed by atoms with Crippen molar-refractivity contribution in [1.29, 1.82) is 0 Å². The molecule has 0 aliphatic carbocycles. The van der Waals surface area contributed by atoms with Gasteiger partial charge in [-0.1, -0.05) is 303 Å². The van der Waals surface area contributed by atoms with E-state index in [1.54, 1.807) is 0 Å². The molecule has 99 heavy (non-hydrogen) atoms. The molecule has 0 atom stereocenters. The largest absolute Gasteiger partial charge is 0.311 e. The highest BCUT2D eigenvalue weighted by molar-refractivity contribution is 7.00. The maximum absolute atomic E-state index is 5.91. The summed E-state index contributed by atoms with van der Waals surface area (Å²) in [6.45, 7) is -0.178. The molecule has 462 valence electrons. The molecule has 0 fully saturated rings. The van der Waals surface area contributed by atoms with E-state index in [0.29, 0.717) is 5.82 Å². The van der Waals surface area contributed by atoms with Gasteiger partial charge in [-0.05, 0) is 184 Å². The van der Waals surface area contributed by atoms with Gasteiger partial charge < -0.3 is 9.80 Å². The summed E-state index contributed by atoms with van der Waals surface area (Å²) < 4.78 is 0. The van der Waals surface area contributed by atoms with Crippen molar-refractivity contribution in [1.82, 2.24) is 9.97 Å². The lowest BCUT2D eigenvalue weighted by Gasteiger charge is -2.44. The minimum atomic E-state index is -0.178. The van der Waals surface area contributed by atoms with Crippen LogP contribution in [0.4, 0.5) is 34.1 Å². The summed E-state index contributed by atoms with van der Waals surface area (Å²) in [7, 11) is 0. The number of fused-ring (bicyclic) bond motifs is 4. The summed E-state index contributed by atoms with van der Waals surface area (Å²) in [6.07, 6.45) is 0. The monoisotopic (exact) mass is 1260 g/mol. The number of hydrogen-bond acceptors (Lipinski definition) is 4. The highest BCUT2D eigenvalue weighted by atomic mass is 15.2. The second-order valence-electron chi connectivity index (χ2n) is 25.6. The third kappa shape index (κ3) is 11.1. The van der Waals surface area contributed by atoms with Gasteiger partial charge in [0.25, 0.3) is 6.71 Å². The van der Waals surface area contributed by atoms with E-state index in [0.717, 1.165) is 151 Å². The Morgan fingerprint density at radius 1 is 0.192 bits per heavy atom. The van der Waals surface area contributed by atoms with E-state index in [1.165, 1.54) is 16.4 Å². The molecule has 5 heteroatoms. The second-order valence-corrected chi connectivity index (χ2v) is 25.6. The van der Waals surface area contributed by atoms with E-state index < -0.39 is 0 Å². The van der Waals surface area contributed by atoms with E-state index in [2.05, 4.69) is 392 Å². The third-order valence-corrected chi connectivity index (χ3v) is 19.7. The maximum atomic E-state index is 5.91. The van der Waals surface area contributed by atoms with Crippen LogP contribution >= 0.6 is 0 Å². The molecule has 4 nitrogen and oxygen atoms in total. The number of anilines is 6. The molecule has 0 saturated heterocycles. The number of rotatable bonds is 13. The van der Waals surface area contributed by atoms with Gasteiger partial charge in [0.15, 0.2) is 5.82 Å². The van der Waals surface area contributed by atoms with Crippen LogP contribution < -0.4 is 26.2 Å². The Balaban J connectivity index is 0.937. The standard InChI is InChI=1S/C94H63BN4/c1-9-25-64(26-10-1)70-41-48-81(49-42-70)98-89-59-74(66-29-13-3-14-30-66)46-53-85(89)95-86-54-47-75(67-31-15-4-16-32-67)60-90(86)99(82-50-43-71(44-51-82)65-27-11-2-12-28-65)92-62-80(61-91(98)93(92)95)94-96-87(76-45-52-83(72-37-21-7-22-38-72)84(58-76)73-39-23-8-24-40-73)63-88(97-94)79-56-77(68-33-17-5-18-34-68)55-78(57-79)69-35-19-6-20-36-69/h1-63H. The van der Waals surface area contributed by atoms with Crippen molar-refractivity contribution in [3.05, 3.63) is 382 Å². The van der Waals surface area contributed by atoms with Crippen molar-refractivity contribution in [2.45, 2.75) is 0 Å². The molecule has 0 spiro atoms. The van der Waals surface area contributed by atoms with Crippen LogP contribution in [-0.4, -0.2) is 16.7 Å². The summed E-state index contributed by atoms with van der Waals surface area (Å²) in [5.41, 5.74) is 32.6. The summed E-state index contributed by atoms with van der Waals surface area (Å²) in [4.78, 5) is 16.8. The summed E-state index contributed by atoms with van der Waals surface area (Å²) in [5, 5.41) is 0. The molecular weight excluding hydrogens is 1200 g/mol. The number of nitrogens with zero attached hydrogens (tertiary/aromatic N) is 4. The molecule has 0 bridgehead atoms. The van der Waals surface area contributed by atoms with Gasteiger partial charge in [0.2, 0.25) is 0 Å². The molecule has 18 rings (SSSR count). The zero-order valence-electron chi connectivity index (χ0n) is 54.2. The minimum Gasteiger partial charge on any atom is -0.311 e. The van der Waals surface area contributed by atoms with Gasteiger partial charge in [-0.15, -0.1) is 0 Å². The van der Waals surface area contributed by atoms with Crippen LogP contribution in [0.15, 0.2) is 382 Å². The van der Waals surface area contributed by atoms with Crippen molar-refractivity contribution >= 4 is 57.2 Å². The van der Waals surface area contributed by atoms with Gasteiger partial charge in [0.1, 0.15) is 0 Å². The molecule has 15 aromatic carbocycles. The molecule has 2 aliphatic heterocycles. The van der Waals surface area contributed by atoms with Gasteiger partial charge in [-0.3, -0.25) is 0 Å². The zero-order chi connectivity index (χ0) is 65.6. The molecule has 16 aromatic rings. The summed E-state index contributed by atoms with van der Waals surface area (Å²) in [5.74, 6) is 0.601. The SMILES string of the molecule is c1ccc(-c2ccc(N3c4cc(-c5ccccc5)ccc4B4c5ccc(-c6ccccc6)cc5N(c5ccc(-c6ccccc6)cc5)c5cc(-c6nc(-c7cc(-c8ccccc8)cc(-c8ccccc8)c7)cc(-c7ccc(-c8ccccc8)c(-c8ccccc8)c7)n6)cc3c54)cc2)cc1. The maximum Gasteiger partial charge on any atom is 0.252 e. The Morgan fingerprint density at radius 3 is 0.899 bits per heavy atom. The van der Waals surface area contributed by atoms with Gasteiger partial charge >= 0.3 is 0 Å². The smallest absolute Gasteiger partial charge is 0.252 e. The first-order valence-corrected chi connectivity index (χ1v) is 34.0. The first-order valence-electron chi connectivity index (χ1n) is 34.0. The average Bonchev–Trinajstić information content (AvgIpc) is 0.695. The van der Waals surface area contributed by atoms with Crippen LogP contribution in [0.1, 0.15) is 0 Å². The number of hydrogen-bond donors (Lipinski definition) is 0. The predicted molar refractivity (Wildman–Crippen MR) is 416 cm³/mol. The lowest BCUT2D eigenvalue weighted by molar-refractivity contribution is 1.18. The Kier molecular flexibility index (Phi) is 15.0. The van der Waals surface area contributed by atoms with Crippen LogP contribution in [0.25, 0.3) is 123 Å². The molecular formula is C94H63BN4. The highest BCUT2D eigenvalue weighted by Crippen LogP contribution is 2.49. The van der Waals surface area contributed by atoms with Gasteiger partial charge in [-0.25, -0.2) is 9.97 Å². The van der Waals surface area contributed by atoms with E-state index in [9.17, 15) is 0 Å². The molecule has 0 saturated carbocycles. The fraction of sp³-hybridized carbons (Fsp3) is 0. The van der Waals surface area contributed by atoms with Crippen molar-refractivity contribution < 1.29 is 0 Å². The first-order chi connectivity index (χ1) is 49.1. The summed E-state index contributed by atoms with van der Waals surface area (Å²) in [6, 6.07) is 139. The first kappa shape index (κ1) is 58.6. The fourth-order valence-electron chi connectivity index (χ4n) is 14.8. The highest BCUT2D eigenvalue weighted by Gasteiger charge is 2.44. The second kappa shape index (κ2) is 25.3. The Morgan fingerprint density at radius 2 is 0.495 bits per heavy atom. The quantitative estimate of drug-likeness (QED) is 0.108. The van der Waals surface area contributed by atoms with Crippen molar-refractivity contribution in [3.8, 4) is 123 Å². The van der Waals surface area contributed by atoms with Gasteiger partial charge in [-0.2, -0.15) is 0 Å². The van der Waals surface area contributed by atoms with E-state index in [-0.39, 0.29) is 6.71 Å². The molecule has 0 N–H and O–H groups in total. The van der Waals surface area contributed by atoms with E-state index in [4.69, 9.17) is 9.97 Å². The fourth-order valence-corrected chi connectivity index (χ4v) is 14.8. The number of aromatic nitrogens is 2. The van der Waals surface area contributed by atoms with E-state index >= 15 is 0 Å². The molecule has 0 unspecified atom stereocenters. The van der Waals surface area contributed by atoms with Crippen LogP contribution in [0, 0.1) is 0 Å². The molecule has 3 heterocycles. The Bertz CT molecular complexity index is 5370. The predicted octanol–water partition coefficient (Wildman–Crippen LogP) is 22.9. The van der Waals surface area contributed by atoms with Crippen LogP contribution in [0.3, 0.4) is 0 Å². The Labute approximate surface area is 578 Å². The summed E-state index contributed by atoms with van der Waals surface area (Å²) >= 11 is 0. The van der Waals surface area contributed by atoms with E-state index in [1.807, 2.05) is 0 Å². The van der Waals surface area contributed by atoms with Gasteiger partial charge in [0.05, 0.1) is 11.4 Å². The molecule has 0 radical (unpaired) electrons. The lowest BCUT2D eigenvalue weighted by atomic mass is 9.33. The molecule has 0 amide bonds. The lowest BCUT2D eigenvalue weighted by Crippen LogP contribution is -2.61. The van der Waals surface area contributed by atoms with Crippen LogP contribution in [-0.2, 0) is 0 Å². The van der Waals surface area contributed by atoms with Crippen molar-refractivity contribution in [3.63, 3.8) is 0 Å². The Hall–Kier alpha value is -13.0. The van der Waals surface area contributed by atoms with Crippen LogP contribution in [0.2, 0.25) is 0 Å². The normalized spacial score (nSPS) is 12.0. The van der Waals surface area contributed by atoms with Crippen LogP contribution in [0.5, 0.6) is 0 Å².